The Labute approximate surface area is 197 Å². The maximum Gasteiger partial charge on any atom is 0.230 e. The summed E-state index contributed by atoms with van der Waals surface area (Å²) in [6, 6.07) is 23.7. The molecule has 1 amide bonds. The number of hydrogen-bond acceptors (Lipinski definition) is 6. The van der Waals surface area contributed by atoms with E-state index in [0.29, 0.717) is 17.5 Å². The number of para-hydroxylation sites is 2. The first kappa shape index (κ1) is 21.3. The highest BCUT2D eigenvalue weighted by Crippen LogP contribution is 2.28. The van der Waals surface area contributed by atoms with Crippen molar-refractivity contribution in [2.45, 2.75) is 11.7 Å². The minimum Gasteiger partial charge on any atom is -0.349 e. The molecular weight excluding hydrogens is 457 g/mol. The molecule has 0 spiro atoms. The molecule has 5 rings (SSSR count). The third-order valence-corrected chi connectivity index (χ3v) is 6.82. The number of halogens is 1. The summed E-state index contributed by atoms with van der Waals surface area (Å²) in [5.74, 6) is 0.326. The van der Waals surface area contributed by atoms with E-state index in [1.54, 1.807) is 23.5 Å². The van der Waals surface area contributed by atoms with Crippen LogP contribution in [0.2, 0.25) is 0 Å². The van der Waals surface area contributed by atoms with Crippen molar-refractivity contribution >= 4 is 39.2 Å². The second-order valence-corrected chi connectivity index (χ2v) is 9.18. The highest BCUT2D eigenvalue weighted by Gasteiger charge is 2.17. The van der Waals surface area contributed by atoms with Gasteiger partial charge in [-0.15, -0.1) is 21.5 Å². The minimum absolute atomic E-state index is 0.120. The SMILES string of the molecule is O=C(CSc1nnc(-c2ccc(F)cc2)n1-c1ccccc1)NCc1nc2ccccc2s1. The molecule has 0 atom stereocenters. The molecule has 6 nitrogen and oxygen atoms in total. The molecule has 0 saturated heterocycles. The first-order valence-electron chi connectivity index (χ1n) is 10.2. The number of nitrogens with zero attached hydrogens (tertiary/aromatic N) is 4. The zero-order chi connectivity index (χ0) is 22.6. The fourth-order valence-electron chi connectivity index (χ4n) is 3.31. The van der Waals surface area contributed by atoms with Crippen LogP contribution in [0.3, 0.4) is 0 Å². The molecule has 33 heavy (non-hydrogen) atoms. The highest BCUT2D eigenvalue weighted by atomic mass is 32.2. The predicted octanol–water partition coefficient (Wildman–Crippen LogP) is 5.09. The van der Waals surface area contributed by atoms with Gasteiger partial charge in [-0.3, -0.25) is 9.36 Å². The lowest BCUT2D eigenvalue weighted by molar-refractivity contribution is -0.118. The molecule has 2 heterocycles. The normalized spacial score (nSPS) is 11.1. The van der Waals surface area contributed by atoms with E-state index in [2.05, 4.69) is 20.5 Å². The van der Waals surface area contributed by atoms with Gasteiger partial charge in [0.1, 0.15) is 10.8 Å². The summed E-state index contributed by atoms with van der Waals surface area (Å²) in [7, 11) is 0. The average Bonchev–Trinajstić information content (AvgIpc) is 3.46. The van der Waals surface area contributed by atoms with Crippen LogP contribution in [0.25, 0.3) is 27.3 Å². The van der Waals surface area contributed by atoms with Crippen LogP contribution in [0, 0.1) is 5.82 Å². The van der Waals surface area contributed by atoms with Crippen molar-refractivity contribution in [2.75, 3.05) is 5.75 Å². The van der Waals surface area contributed by atoms with Gasteiger partial charge in [0.2, 0.25) is 5.91 Å². The van der Waals surface area contributed by atoms with Crippen LogP contribution in [-0.4, -0.2) is 31.4 Å². The summed E-state index contributed by atoms with van der Waals surface area (Å²) in [6.07, 6.45) is 0. The topological polar surface area (TPSA) is 72.7 Å². The number of fused-ring (bicyclic) bond motifs is 1. The van der Waals surface area contributed by atoms with Crippen LogP contribution in [0.15, 0.2) is 84.0 Å². The monoisotopic (exact) mass is 475 g/mol. The molecule has 3 aromatic carbocycles. The first-order valence-corrected chi connectivity index (χ1v) is 12.0. The molecule has 0 bridgehead atoms. The number of rotatable bonds is 7. The van der Waals surface area contributed by atoms with Crippen LogP contribution in [0.5, 0.6) is 0 Å². The van der Waals surface area contributed by atoms with Gasteiger partial charge in [-0.2, -0.15) is 0 Å². The molecule has 0 saturated carbocycles. The number of amides is 1. The lowest BCUT2D eigenvalue weighted by Gasteiger charge is -2.10. The molecule has 0 radical (unpaired) electrons. The standard InChI is InChI=1S/C24H18FN5OS2/c25-17-12-10-16(11-13-17)23-28-29-24(30(23)18-6-2-1-3-7-18)32-15-21(31)26-14-22-27-19-8-4-5-9-20(19)33-22/h1-13H,14-15H2,(H,26,31). The second kappa shape index (κ2) is 9.51. The van der Waals surface area contributed by atoms with E-state index < -0.39 is 0 Å². The first-order chi connectivity index (χ1) is 16.2. The van der Waals surface area contributed by atoms with E-state index in [1.165, 1.54) is 23.9 Å². The van der Waals surface area contributed by atoms with Crippen molar-refractivity contribution < 1.29 is 9.18 Å². The van der Waals surface area contributed by atoms with Gasteiger partial charge < -0.3 is 5.32 Å². The Morgan fingerprint density at radius 1 is 0.970 bits per heavy atom. The lowest BCUT2D eigenvalue weighted by atomic mass is 10.2. The molecule has 0 fully saturated rings. The van der Waals surface area contributed by atoms with Gasteiger partial charge in [-0.05, 0) is 48.5 Å². The highest BCUT2D eigenvalue weighted by molar-refractivity contribution is 7.99. The summed E-state index contributed by atoms with van der Waals surface area (Å²) in [5, 5.41) is 13.0. The third-order valence-electron chi connectivity index (χ3n) is 4.86. The number of aromatic nitrogens is 4. The zero-order valence-corrected chi connectivity index (χ0v) is 18.9. The van der Waals surface area contributed by atoms with Crippen molar-refractivity contribution in [3.8, 4) is 17.1 Å². The van der Waals surface area contributed by atoms with Gasteiger partial charge in [0.15, 0.2) is 11.0 Å². The summed E-state index contributed by atoms with van der Waals surface area (Å²) in [4.78, 5) is 17.1. The fourth-order valence-corrected chi connectivity index (χ4v) is 5.00. The molecule has 0 aliphatic heterocycles. The Kier molecular flexibility index (Phi) is 6.14. The molecule has 2 aromatic heterocycles. The van der Waals surface area contributed by atoms with Crippen molar-refractivity contribution in [1.82, 2.24) is 25.1 Å². The van der Waals surface area contributed by atoms with E-state index in [0.717, 1.165) is 26.5 Å². The molecular formula is C24H18FN5OS2. The van der Waals surface area contributed by atoms with Crippen molar-refractivity contribution in [3.63, 3.8) is 0 Å². The van der Waals surface area contributed by atoms with E-state index >= 15 is 0 Å². The van der Waals surface area contributed by atoms with Gasteiger partial charge in [-0.25, -0.2) is 9.37 Å². The summed E-state index contributed by atoms with van der Waals surface area (Å²) in [5.41, 5.74) is 2.53. The lowest BCUT2D eigenvalue weighted by Crippen LogP contribution is -2.24. The van der Waals surface area contributed by atoms with Gasteiger partial charge in [0, 0.05) is 11.3 Å². The maximum atomic E-state index is 13.4. The Morgan fingerprint density at radius 2 is 1.73 bits per heavy atom. The Hall–Kier alpha value is -3.56. The number of thiazole rings is 1. The fraction of sp³-hybridized carbons (Fsp3) is 0.0833. The number of carbonyl (C=O) groups is 1. The van der Waals surface area contributed by atoms with Crippen molar-refractivity contribution in [2.24, 2.45) is 0 Å². The Morgan fingerprint density at radius 3 is 2.52 bits per heavy atom. The number of thioether (sulfide) groups is 1. The van der Waals surface area contributed by atoms with Crippen LogP contribution in [-0.2, 0) is 11.3 Å². The van der Waals surface area contributed by atoms with Gasteiger partial charge in [0.05, 0.1) is 22.5 Å². The van der Waals surface area contributed by atoms with E-state index in [4.69, 9.17) is 0 Å². The Balaban J connectivity index is 1.31. The summed E-state index contributed by atoms with van der Waals surface area (Å²) in [6.45, 7) is 0.380. The number of hydrogen-bond donors (Lipinski definition) is 1. The maximum absolute atomic E-state index is 13.4. The van der Waals surface area contributed by atoms with Gasteiger partial charge in [0.25, 0.3) is 0 Å². The smallest absolute Gasteiger partial charge is 0.230 e. The number of carbonyl (C=O) groups excluding carboxylic acids is 1. The molecule has 0 aliphatic carbocycles. The van der Waals surface area contributed by atoms with Gasteiger partial charge >= 0.3 is 0 Å². The quantitative estimate of drug-likeness (QED) is 0.332. The summed E-state index contributed by atoms with van der Waals surface area (Å²) >= 11 is 2.86. The minimum atomic E-state index is -0.316. The third kappa shape index (κ3) is 4.79. The second-order valence-electron chi connectivity index (χ2n) is 7.12. The molecule has 5 aromatic rings. The summed E-state index contributed by atoms with van der Waals surface area (Å²) < 4.78 is 16.4. The zero-order valence-electron chi connectivity index (χ0n) is 17.3. The van der Waals surface area contributed by atoms with Crippen LogP contribution in [0.1, 0.15) is 5.01 Å². The molecule has 0 aliphatic rings. The molecule has 164 valence electrons. The largest absolute Gasteiger partial charge is 0.349 e. The average molecular weight is 476 g/mol. The number of nitrogens with one attached hydrogen (secondary N) is 1. The van der Waals surface area contributed by atoms with E-state index in [1.807, 2.05) is 59.2 Å². The number of benzene rings is 3. The van der Waals surface area contributed by atoms with Crippen LogP contribution < -0.4 is 5.32 Å². The van der Waals surface area contributed by atoms with Crippen LogP contribution in [0.4, 0.5) is 4.39 Å². The van der Waals surface area contributed by atoms with E-state index in [-0.39, 0.29) is 17.5 Å². The Bertz CT molecular complexity index is 1370. The van der Waals surface area contributed by atoms with Gasteiger partial charge in [-0.1, -0.05) is 42.1 Å². The van der Waals surface area contributed by atoms with Crippen molar-refractivity contribution in [3.05, 3.63) is 89.7 Å². The molecule has 1 N–H and O–H groups in total. The molecule has 0 unspecified atom stereocenters. The predicted molar refractivity (Wildman–Crippen MR) is 129 cm³/mol. The molecule has 9 heteroatoms. The van der Waals surface area contributed by atoms with Crippen molar-refractivity contribution in [1.29, 1.82) is 0 Å². The van der Waals surface area contributed by atoms with E-state index in [9.17, 15) is 9.18 Å². The van der Waals surface area contributed by atoms with Crippen LogP contribution >= 0.6 is 23.1 Å².